The van der Waals surface area contributed by atoms with Crippen molar-refractivity contribution in [3.05, 3.63) is 41.4 Å². The molecule has 2 aliphatic rings. The standard InChI is InChI=1S/C19H19ClFN5O/c20-15-9-16(21)13-8-17(15)27-11-12-2-1-5-25(12)7-4-22-18-3-6-26-19(24-18)14(13)10-23-26/h3,6,8-10,12H,1-2,4-5,7,11H2,(H,22,24). The molecule has 0 radical (unpaired) electrons. The van der Waals surface area contributed by atoms with Crippen LogP contribution in [0, 0.1) is 5.82 Å². The minimum atomic E-state index is -0.419. The zero-order valence-corrected chi connectivity index (χ0v) is 15.4. The average Bonchev–Trinajstić information content (AvgIpc) is 3.27. The van der Waals surface area contributed by atoms with Gasteiger partial charge in [0.05, 0.1) is 11.2 Å². The molecule has 1 saturated heterocycles. The van der Waals surface area contributed by atoms with Crippen molar-refractivity contribution in [2.24, 2.45) is 0 Å². The Bertz CT molecular complexity index is 1010. The Morgan fingerprint density at radius 3 is 3.11 bits per heavy atom. The maximum Gasteiger partial charge on any atom is 0.165 e. The van der Waals surface area contributed by atoms with E-state index in [2.05, 4.69) is 20.3 Å². The summed E-state index contributed by atoms with van der Waals surface area (Å²) in [6.07, 6.45) is 5.68. The van der Waals surface area contributed by atoms with Crippen molar-refractivity contribution in [3.63, 3.8) is 0 Å². The van der Waals surface area contributed by atoms with Crippen LogP contribution in [0.3, 0.4) is 0 Å². The van der Waals surface area contributed by atoms with E-state index in [0.717, 1.165) is 38.3 Å². The first-order chi connectivity index (χ1) is 13.2. The van der Waals surface area contributed by atoms with Crippen LogP contribution in [0.5, 0.6) is 5.75 Å². The Kier molecular flexibility index (Phi) is 4.13. The quantitative estimate of drug-likeness (QED) is 0.640. The normalized spacial score (nSPS) is 20.1. The van der Waals surface area contributed by atoms with Gasteiger partial charge in [-0.1, -0.05) is 11.6 Å². The lowest BCUT2D eigenvalue weighted by Gasteiger charge is -2.25. The smallest absolute Gasteiger partial charge is 0.165 e. The number of halogens is 2. The highest BCUT2D eigenvalue weighted by Crippen LogP contribution is 2.35. The molecular weight excluding hydrogens is 369 g/mol. The van der Waals surface area contributed by atoms with Gasteiger partial charge in [-0.15, -0.1) is 0 Å². The molecule has 2 aliphatic heterocycles. The molecule has 140 valence electrons. The Balaban J connectivity index is 1.64. The number of nitrogens with zero attached hydrogens (tertiary/aromatic N) is 4. The lowest BCUT2D eigenvalue weighted by molar-refractivity contribution is 0.177. The van der Waals surface area contributed by atoms with Crippen LogP contribution in [0.2, 0.25) is 5.02 Å². The summed E-state index contributed by atoms with van der Waals surface area (Å²) in [5.74, 6) is 0.825. The average molecular weight is 388 g/mol. The van der Waals surface area contributed by atoms with Gasteiger partial charge in [-0.05, 0) is 37.6 Å². The molecule has 1 fully saturated rings. The lowest BCUT2D eigenvalue weighted by atomic mass is 10.1. The van der Waals surface area contributed by atoms with E-state index >= 15 is 0 Å². The molecule has 3 aromatic rings. The number of aromatic nitrogens is 3. The minimum Gasteiger partial charge on any atom is -0.490 e. The van der Waals surface area contributed by atoms with Crippen molar-refractivity contribution in [2.75, 3.05) is 31.6 Å². The van der Waals surface area contributed by atoms with Crippen LogP contribution in [-0.4, -0.2) is 51.8 Å². The fraction of sp³-hybridized carbons (Fsp3) is 0.368. The molecule has 0 spiro atoms. The summed E-state index contributed by atoms with van der Waals surface area (Å²) in [6, 6.07) is 5.17. The van der Waals surface area contributed by atoms with Crippen molar-refractivity contribution in [1.82, 2.24) is 19.5 Å². The summed E-state index contributed by atoms with van der Waals surface area (Å²) >= 11 is 6.25. The number of hydrogen-bond acceptors (Lipinski definition) is 5. The van der Waals surface area contributed by atoms with Gasteiger partial charge in [-0.2, -0.15) is 5.10 Å². The van der Waals surface area contributed by atoms with E-state index in [1.165, 1.54) is 6.07 Å². The Morgan fingerprint density at radius 1 is 1.26 bits per heavy atom. The molecule has 0 saturated carbocycles. The van der Waals surface area contributed by atoms with Gasteiger partial charge >= 0.3 is 0 Å². The molecule has 2 aromatic heterocycles. The fourth-order valence-electron chi connectivity index (χ4n) is 3.90. The van der Waals surface area contributed by atoms with Gasteiger partial charge in [-0.3, -0.25) is 4.90 Å². The number of nitrogens with one attached hydrogen (secondary N) is 1. The van der Waals surface area contributed by atoms with Crippen LogP contribution < -0.4 is 10.1 Å². The molecular formula is C19H19ClFN5O. The van der Waals surface area contributed by atoms with E-state index in [-0.39, 0.29) is 5.02 Å². The minimum absolute atomic E-state index is 0.277. The van der Waals surface area contributed by atoms with Crippen LogP contribution >= 0.6 is 11.6 Å². The number of ether oxygens (including phenoxy) is 1. The first-order valence-corrected chi connectivity index (χ1v) is 9.51. The number of anilines is 1. The molecule has 0 aliphatic carbocycles. The van der Waals surface area contributed by atoms with E-state index in [0.29, 0.717) is 35.2 Å². The van der Waals surface area contributed by atoms with Gasteiger partial charge in [0.2, 0.25) is 0 Å². The molecule has 1 aromatic carbocycles. The van der Waals surface area contributed by atoms with Crippen molar-refractivity contribution in [2.45, 2.75) is 18.9 Å². The van der Waals surface area contributed by atoms with Crippen LogP contribution in [0.15, 0.2) is 30.6 Å². The molecule has 1 unspecified atom stereocenters. The number of hydrogen-bond donors (Lipinski definition) is 1. The number of benzene rings is 1. The maximum atomic E-state index is 14.7. The second-order valence-corrected chi connectivity index (χ2v) is 7.38. The summed E-state index contributed by atoms with van der Waals surface area (Å²) in [7, 11) is 0. The van der Waals surface area contributed by atoms with E-state index in [1.54, 1.807) is 16.8 Å². The Hall–Kier alpha value is -2.38. The van der Waals surface area contributed by atoms with Gasteiger partial charge in [0.15, 0.2) is 5.65 Å². The third-order valence-corrected chi connectivity index (χ3v) is 5.61. The van der Waals surface area contributed by atoms with Crippen molar-refractivity contribution in [1.29, 1.82) is 0 Å². The third kappa shape index (κ3) is 3.00. The molecule has 27 heavy (non-hydrogen) atoms. The predicted molar refractivity (Wildman–Crippen MR) is 102 cm³/mol. The maximum absolute atomic E-state index is 14.7. The van der Waals surface area contributed by atoms with Gasteiger partial charge in [0.1, 0.15) is 24.0 Å². The van der Waals surface area contributed by atoms with E-state index in [1.807, 2.05) is 12.3 Å². The SMILES string of the molecule is Fc1cc(Cl)c2cc1-c1cnn3ccc(nc13)NCCN1CCCC1CO2. The lowest BCUT2D eigenvalue weighted by Crippen LogP contribution is -2.37. The van der Waals surface area contributed by atoms with Crippen LogP contribution in [0.1, 0.15) is 12.8 Å². The first kappa shape index (κ1) is 16.8. The van der Waals surface area contributed by atoms with Crippen LogP contribution in [-0.2, 0) is 0 Å². The monoisotopic (exact) mass is 387 g/mol. The molecule has 4 heterocycles. The molecule has 1 atom stereocenters. The van der Waals surface area contributed by atoms with Gasteiger partial charge in [0, 0.05) is 36.5 Å². The summed E-state index contributed by atoms with van der Waals surface area (Å²) in [5, 5.41) is 7.94. The van der Waals surface area contributed by atoms with Gasteiger partial charge in [-0.25, -0.2) is 13.9 Å². The van der Waals surface area contributed by atoms with Gasteiger partial charge < -0.3 is 10.1 Å². The fourth-order valence-corrected chi connectivity index (χ4v) is 4.10. The zero-order chi connectivity index (χ0) is 18.4. The van der Waals surface area contributed by atoms with E-state index in [4.69, 9.17) is 16.3 Å². The Labute approximate surface area is 160 Å². The van der Waals surface area contributed by atoms with Crippen LogP contribution in [0.25, 0.3) is 16.8 Å². The van der Waals surface area contributed by atoms with Crippen LogP contribution in [0.4, 0.5) is 10.2 Å². The third-order valence-electron chi connectivity index (χ3n) is 5.32. The summed E-state index contributed by atoms with van der Waals surface area (Å²) < 4.78 is 22.3. The second-order valence-electron chi connectivity index (χ2n) is 6.97. The second kappa shape index (κ2) is 6.65. The number of rotatable bonds is 0. The highest BCUT2D eigenvalue weighted by molar-refractivity contribution is 6.32. The van der Waals surface area contributed by atoms with Crippen molar-refractivity contribution < 1.29 is 9.13 Å². The molecule has 6 nitrogen and oxygen atoms in total. The first-order valence-electron chi connectivity index (χ1n) is 9.13. The Morgan fingerprint density at radius 2 is 2.19 bits per heavy atom. The summed E-state index contributed by atoms with van der Waals surface area (Å²) in [4.78, 5) is 7.05. The molecule has 0 amide bonds. The van der Waals surface area contributed by atoms with E-state index in [9.17, 15) is 4.39 Å². The van der Waals surface area contributed by atoms with E-state index < -0.39 is 5.82 Å². The summed E-state index contributed by atoms with van der Waals surface area (Å²) in [6.45, 7) is 3.29. The highest BCUT2D eigenvalue weighted by Gasteiger charge is 2.25. The largest absolute Gasteiger partial charge is 0.490 e. The molecule has 5 rings (SSSR count). The highest BCUT2D eigenvalue weighted by atomic mass is 35.5. The van der Waals surface area contributed by atoms with Crippen molar-refractivity contribution >= 4 is 23.1 Å². The zero-order valence-electron chi connectivity index (χ0n) is 14.7. The number of fused-ring (bicyclic) bond motifs is 5. The summed E-state index contributed by atoms with van der Waals surface area (Å²) in [5.41, 5.74) is 1.58. The topological polar surface area (TPSA) is 54.7 Å². The van der Waals surface area contributed by atoms with Gasteiger partial charge in [0.25, 0.3) is 0 Å². The molecule has 1 N–H and O–H groups in total. The molecule has 8 heteroatoms. The molecule has 4 bridgehead atoms. The van der Waals surface area contributed by atoms with Crippen molar-refractivity contribution in [3.8, 4) is 16.9 Å². The predicted octanol–water partition coefficient (Wildman–Crippen LogP) is 3.46.